The van der Waals surface area contributed by atoms with E-state index in [1.807, 2.05) is 48.5 Å². The lowest BCUT2D eigenvalue weighted by atomic mass is 9.90. The fourth-order valence-corrected chi connectivity index (χ4v) is 7.88. The smallest absolute Gasteiger partial charge is 0.246 e. The van der Waals surface area contributed by atoms with Gasteiger partial charge in [-0.15, -0.1) is 11.3 Å². The molecule has 0 radical (unpaired) electrons. The van der Waals surface area contributed by atoms with Crippen molar-refractivity contribution < 1.29 is 4.42 Å². The first kappa shape index (κ1) is 28.5. The minimum absolute atomic E-state index is 0.519. The topological polar surface area (TPSA) is 64.7 Å². The number of fused-ring (bicyclic) bond motifs is 6. The van der Waals surface area contributed by atoms with Gasteiger partial charge in [0.2, 0.25) is 5.71 Å². The Bertz CT molecular complexity index is 2680. The van der Waals surface area contributed by atoms with E-state index < -0.39 is 0 Å². The number of benzene rings is 6. The van der Waals surface area contributed by atoms with Crippen molar-refractivity contribution in [2.24, 2.45) is 0 Å². The summed E-state index contributed by atoms with van der Waals surface area (Å²) in [6.45, 7) is 0. The van der Waals surface area contributed by atoms with Gasteiger partial charge in [0.15, 0.2) is 0 Å². The second kappa shape index (κ2) is 11.6. The third-order valence-electron chi connectivity index (χ3n) is 9.17. The summed E-state index contributed by atoms with van der Waals surface area (Å²) in [6, 6.07) is 53.9. The standard InChI is InChI=1S/C44H26N4OS/c1-3-15-27(16-4-1)37-39(45-41-33-23-11-13-25-35(33)49-43(41)47-37)31-21-9-7-19-29(31)30-20-8-10-22-32(30)40-38(28-17-5-2-6-18-28)48-44-42(46-40)34-24-12-14-26-36(34)50-44/h1-26H. The maximum atomic E-state index is 6.22. The monoisotopic (exact) mass is 658 g/mol. The summed E-state index contributed by atoms with van der Waals surface area (Å²) in [5, 5.41) is 2.05. The normalized spacial score (nSPS) is 11.6. The summed E-state index contributed by atoms with van der Waals surface area (Å²) in [4.78, 5) is 22.2. The van der Waals surface area contributed by atoms with E-state index in [0.29, 0.717) is 5.71 Å². The van der Waals surface area contributed by atoms with Crippen molar-refractivity contribution in [3.05, 3.63) is 158 Å². The highest BCUT2D eigenvalue weighted by Crippen LogP contribution is 2.44. The Morgan fingerprint density at radius 3 is 1.54 bits per heavy atom. The molecule has 4 heterocycles. The predicted molar refractivity (Wildman–Crippen MR) is 205 cm³/mol. The van der Waals surface area contributed by atoms with Crippen LogP contribution in [-0.2, 0) is 0 Å². The summed E-state index contributed by atoms with van der Waals surface area (Å²) in [5.74, 6) is 0. The molecule has 5 nitrogen and oxygen atoms in total. The zero-order valence-corrected chi connectivity index (χ0v) is 27.4. The highest BCUT2D eigenvalue weighted by molar-refractivity contribution is 7.25. The van der Waals surface area contributed by atoms with Crippen LogP contribution in [-0.4, -0.2) is 19.9 Å². The van der Waals surface area contributed by atoms with E-state index in [1.165, 1.54) is 4.70 Å². The quantitative estimate of drug-likeness (QED) is 0.184. The van der Waals surface area contributed by atoms with E-state index in [-0.39, 0.29) is 0 Å². The van der Waals surface area contributed by atoms with E-state index in [0.717, 1.165) is 88.4 Å². The van der Waals surface area contributed by atoms with Gasteiger partial charge >= 0.3 is 0 Å². The molecule has 234 valence electrons. The number of hydrogen-bond acceptors (Lipinski definition) is 6. The number of nitrogens with zero attached hydrogens (tertiary/aromatic N) is 4. The molecular weight excluding hydrogens is 633 g/mol. The summed E-state index contributed by atoms with van der Waals surface area (Å²) < 4.78 is 7.40. The van der Waals surface area contributed by atoms with Gasteiger partial charge in [-0.2, -0.15) is 0 Å². The molecule has 10 rings (SSSR count). The Morgan fingerprint density at radius 2 is 0.880 bits per heavy atom. The third kappa shape index (κ3) is 4.61. The van der Waals surface area contributed by atoms with E-state index in [9.17, 15) is 0 Å². The minimum Gasteiger partial charge on any atom is -0.436 e. The second-order valence-electron chi connectivity index (χ2n) is 12.2. The molecule has 10 aromatic rings. The molecule has 0 atom stereocenters. The first-order valence-corrected chi connectivity index (χ1v) is 17.3. The maximum Gasteiger partial charge on any atom is 0.246 e. The number of furan rings is 1. The fourth-order valence-electron chi connectivity index (χ4n) is 6.86. The molecule has 6 heteroatoms. The van der Waals surface area contributed by atoms with Crippen molar-refractivity contribution >= 4 is 54.0 Å². The first-order chi connectivity index (χ1) is 24.8. The van der Waals surface area contributed by atoms with Gasteiger partial charge in [0.05, 0.1) is 17.1 Å². The fraction of sp³-hybridized carbons (Fsp3) is 0. The van der Waals surface area contributed by atoms with Crippen LogP contribution >= 0.6 is 11.3 Å². The molecule has 0 saturated heterocycles. The van der Waals surface area contributed by atoms with Crippen LogP contribution in [0.2, 0.25) is 0 Å². The first-order valence-electron chi connectivity index (χ1n) is 16.5. The molecule has 0 aliphatic rings. The van der Waals surface area contributed by atoms with Crippen molar-refractivity contribution in [2.75, 3.05) is 0 Å². The molecule has 6 aromatic carbocycles. The number of hydrogen-bond donors (Lipinski definition) is 0. The lowest BCUT2D eigenvalue weighted by Gasteiger charge is -2.17. The van der Waals surface area contributed by atoms with Crippen molar-refractivity contribution in [1.29, 1.82) is 0 Å². The van der Waals surface area contributed by atoms with Crippen LogP contribution in [0.4, 0.5) is 0 Å². The molecule has 0 aliphatic carbocycles. The molecular formula is C44H26N4OS. The average molecular weight is 659 g/mol. The van der Waals surface area contributed by atoms with E-state index in [1.54, 1.807) is 11.3 Å². The Morgan fingerprint density at radius 1 is 0.380 bits per heavy atom. The molecule has 0 spiro atoms. The number of rotatable bonds is 5. The molecule has 0 unspecified atom stereocenters. The Labute approximate surface area is 291 Å². The Kier molecular flexibility index (Phi) is 6.60. The molecule has 0 fully saturated rings. The molecule has 0 aliphatic heterocycles. The van der Waals surface area contributed by atoms with Crippen molar-refractivity contribution in [3.63, 3.8) is 0 Å². The van der Waals surface area contributed by atoms with Crippen LogP contribution in [0.5, 0.6) is 0 Å². The average Bonchev–Trinajstić information content (AvgIpc) is 3.75. The van der Waals surface area contributed by atoms with Crippen molar-refractivity contribution in [2.45, 2.75) is 0 Å². The van der Waals surface area contributed by atoms with Crippen LogP contribution in [0.25, 0.3) is 98.8 Å². The van der Waals surface area contributed by atoms with Crippen LogP contribution in [0.1, 0.15) is 0 Å². The number of aromatic nitrogens is 4. The van der Waals surface area contributed by atoms with Gasteiger partial charge in [-0.3, -0.25) is 0 Å². The lowest BCUT2D eigenvalue weighted by Crippen LogP contribution is -1.98. The third-order valence-corrected chi connectivity index (χ3v) is 10.2. The predicted octanol–water partition coefficient (Wildman–Crippen LogP) is 11.9. The zero-order valence-electron chi connectivity index (χ0n) is 26.6. The summed E-state index contributed by atoms with van der Waals surface area (Å²) in [6.07, 6.45) is 0. The maximum absolute atomic E-state index is 6.22. The summed E-state index contributed by atoms with van der Waals surface area (Å²) in [5.41, 5.74) is 12.2. The Hall–Kier alpha value is -6.50. The van der Waals surface area contributed by atoms with Gasteiger partial charge < -0.3 is 4.42 Å². The highest BCUT2D eigenvalue weighted by Gasteiger charge is 2.23. The van der Waals surface area contributed by atoms with Crippen molar-refractivity contribution in [3.8, 4) is 56.2 Å². The van der Waals surface area contributed by atoms with Crippen LogP contribution in [0.3, 0.4) is 0 Å². The van der Waals surface area contributed by atoms with Crippen LogP contribution in [0, 0.1) is 0 Å². The highest BCUT2D eigenvalue weighted by atomic mass is 32.1. The lowest BCUT2D eigenvalue weighted by molar-refractivity contribution is 0.653. The van der Waals surface area contributed by atoms with Gasteiger partial charge in [-0.25, -0.2) is 19.9 Å². The number of thiophene rings is 1. The van der Waals surface area contributed by atoms with Crippen LogP contribution in [0.15, 0.2) is 162 Å². The van der Waals surface area contributed by atoms with E-state index in [4.69, 9.17) is 24.4 Å². The summed E-state index contributed by atoms with van der Waals surface area (Å²) in [7, 11) is 0. The minimum atomic E-state index is 0.519. The largest absolute Gasteiger partial charge is 0.436 e. The van der Waals surface area contributed by atoms with Gasteiger partial charge in [0.1, 0.15) is 27.1 Å². The summed E-state index contributed by atoms with van der Waals surface area (Å²) >= 11 is 1.68. The van der Waals surface area contributed by atoms with E-state index >= 15 is 0 Å². The van der Waals surface area contributed by atoms with Gasteiger partial charge in [0.25, 0.3) is 0 Å². The molecule has 0 saturated carbocycles. The second-order valence-corrected chi connectivity index (χ2v) is 13.2. The SMILES string of the molecule is c1ccc(-c2nc3oc4ccccc4c3nc2-c2ccccc2-c2ccccc2-c2nc3c(nc2-c2ccccc2)sc2ccccc23)cc1. The molecule has 4 aromatic heterocycles. The van der Waals surface area contributed by atoms with Gasteiger partial charge in [-0.05, 0) is 29.3 Å². The molecule has 0 N–H and O–H groups in total. The molecule has 0 amide bonds. The van der Waals surface area contributed by atoms with E-state index in [2.05, 4.69) is 109 Å². The zero-order chi connectivity index (χ0) is 33.0. The van der Waals surface area contributed by atoms with Gasteiger partial charge in [0, 0.05) is 37.7 Å². The van der Waals surface area contributed by atoms with Crippen molar-refractivity contribution in [1.82, 2.24) is 19.9 Å². The molecule has 0 bridgehead atoms. The Balaban J connectivity index is 1.25. The van der Waals surface area contributed by atoms with Crippen LogP contribution < -0.4 is 0 Å². The molecule has 50 heavy (non-hydrogen) atoms. The van der Waals surface area contributed by atoms with Gasteiger partial charge in [-0.1, -0.05) is 140 Å². The number of para-hydroxylation sites is 1.